The van der Waals surface area contributed by atoms with Gasteiger partial charge in [-0.15, -0.1) is 4.83 Å². The van der Waals surface area contributed by atoms with Crippen molar-refractivity contribution >= 4 is 33.2 Å². The van der Waals surface area contributed by atoms with Gasteiger partial charge in [-0.1, -0.05) is 11.6 Å². The molecule has 10 heteroatoms. The van der Waals surface area contributed by atoms with Crippen LogP contribution in [0.1, 0.15) is 10.4 Å². The van der Waals surface area contributed by atoms with Crippen LogP contribution in [0.2, 0.25) is 5.02 Å². The lowest BCUT2D eigenvalue weighted by atomic mass is 10.2. The van der Waals surface area contributed by atoms with Crippen LogP contribution in [-0.4, -0.2) is 19.2 Å². The summed E-state index contributed by atoms with van der Waals surface area (Å²) < 4.78 is 23.9. The van der Waals surface area contributed by atoms with Gasteiger partial charge in [0.25, 0.3) is 21.6 Å². The molecule has 0 saturated heterocycles. The third-order valence-corrected chi connectivity index (χ3v) is 4.28. The van der Waals surface area contributed by atoms with E-state index in [1.165, 1.54) is 36.4 Å². The highest BCUT2D eigenvalue weighted by atomic mass is 35.5. The molecule has 0 fully saturated rings. The van der Waals surface area contributed by atoms with Crippen molar-refractivity contribution in [1.82, 2.24) is 10.3 Å². The largest absolute Gasteiger partial charge is 0.273 e. The number of nitro benzene ring substituents is 1. The number of carbonyl (C=O) groups excluding carboxylic acids is 1. The molecule has 120 valence electrons. The number of hydrazine groups is 1. The zero-order valence-electron chi connectivity index (χ0n) is 11.4. The van der Waals surface area contributed by atoms with Crippen LogP contribution in [0.15, 0.2) is 53.4 Å². The van der Waals surface area contributed by atoms with Gasteiger partial charge in [-0.25, -0.2) is 8.42 Å². The van der Waals surface area contributed by atoms with Crippen LogP contribution >= 0.6 is 11.6 Å². The molecule has 0 aliphatic rings. The Bertz CT molecular complexity index is 835. The van der Waals surface area contributed by atoms with Gasteiger partial charge in [0.05, 0.1) is 9.82 Å². The summed E-state index contributed by atoms with van der Waals surface area (Å²) in [6.07, 6.45) is 0. The van der Waals surface area contributed by atoms with Crippen molar-refractivity contribution in [1.29, 1.82) is 0 Å². The second kappa shape index (κ2) is 6.73. The van der Waals surface area contributed by atoms with Gasteiger partial charge < -0.3 is 0 Å². The summed E-state index contributed by atoms with van der Waals surface area (Å²) in [4.78, 5) is 23.6. The first-order chi connectivity index (χ1) is 10.8. The Hall–Kier alpha value is -2.49. The molecule has 0 aliphatic heterocycles. The summed E-state index contributed by atoms with van der Waals surface area (Å²) >= 11 is 5.67. The Labute approximate surface area is 136 Å². The summed E-state index contributed by atoms with van der Waals surface area (Å²) in [5, 5.41) is 10.9. The summed E-state index contributed by atoms with van der Waals surface area (Å²) in [6.45, 7) is 0. The molecule has 0 heterocycles. The highest BCUT2D eigenvalue weighted by molar-refractivity contribution is 7.89. The molecular weight excluding hydrogens is 346 g/mol. The average Bonchev–Trinajstić information content (AvgIpc) is 2.53. The van der Waals surface area contributed by atoms with Gasteiger partial charge in [-0.3, -0.25) is 20.3 Å². The lowest BCUT2D eigenvalue weighted by molar-refractivity contribution is -0.384. The number of non-ortho nitro benzene ring substituents is 1. The monoisotopic (exact) mass is 355 g/mol. The number of hydrogen-bond donors (Lipinski definition) is 2. The fraction of sp³-hybridized carbons (Fsp3) is 0. The number of amides is 1. The van der Waals surface area contributed by atoms with E-state index in [-0.39, 0.29) is 16.1 Å². The van der Waals surface area contributed by atoms with Crippen molar-refractivity contribution in [2.45, 2.75) is 4.90 Å². The van der Waals surface area contributed by atoms with Gasteiger partial charge in [0.1, 0.15) is 0 Å². The lowest BCUT2D eigenvalue weighted by Crippen LogP contribution is -2.41. The number of carbonyl (C=O) groups is 1. The van der Waals surface area contributed by atoms with Crippen molar-refractivity contribution in [3.8, 4) is 0 Å². The molecule has 2 aromatic carbocycles. The van der Waals surface area contributed by atoms with Gasteiger partial charge in [-0.05, 0) is 36.4 Å². The predicted molar refractivity (Wildman–Crippen MR) is 82.3 cm³/mol. The number of nitrogens with one attached hydrogen (secondary N) is 2. The van der Waals surface area contributed by atoms with Gasteiger partial charge >= 0.3 is 0 Å². The summed E-state index contributed by atoms with van der Waals surface area (Å²) in [5.74, 6) is -0.752. The van der Waals surface area contributed by atoms with Crippen LogP contribution in [0, 0.1) is 10.1 Å². The van der Waals surface area contributed by atoms with E-state index >= 15 is 0 Å². The second-order valence-electron chi connectivity index (χ2n) is 4.32. The normalized spacial score (nSPS) is 11.0. The third-order valence-electron chi connectivity index (χ3n) is 2.76. The number of rotatable bonds is 5. The Balaban J connectivity index is 2.06. The van der Waals surface area contributed by atoms with E-state index in [2.05, 4.69) is 0 Å². The minimum atomic E-state index is -3.95. The lowest BCUT2D eigenvalue weighted by Gasteiger charge is -2.08. The average molecular weight is 356 g/mol. The SMILES string of the molecule is O=C(NNS(=O)(=O)c1ccc(Cl)cc1)c1ccc([N+](=O)[O-])cc1. The molecule has 0 aromatic heterocycles. The van der Waals surface area contributed by atoms with Crippen LogP contribution < -0.4 is 10.3 Å². The smallest absolute Gasteiger partial charge is 0.269 e. The molecule has 2 aromatic rings. The van der Waals surface area contributed by atoms with Crippen molar-refractivity contribution in [3.63, 3.8) is 0 Å². The number of sulfonamides is 1. The van der Waals surface area contributed by atoms with Gasteiger partial charge in [0.2, 0.25) is 0 Å². The fourth-order valence-electron chi connectivity index (χ4n) is 1.59. The Morgan fingerprint density at radius 2 is 1.61 bits per heavy atom. The van der Waals surface area contributed by atoms with Gasteiger partial charge in [0.15, 0.2) is 0 Å². The fourth-order valence-corrected chi connectivity index (χ4v) is 2.56. The summed E-state index contributed by atoms with van der Waals surface area (Å²) in [6, 6.07) is 10.1. The number of nitro groups is 1. The molecule has 2 N–H and O–H groups in total. The molecule has 2 rings (SSSR count). The topological polar surface area (TPSA) is 118 Å². The molecule has 0 saturated carbocycles. The van der Waals surface area contributed by atoms with Crippen LogP contribution in [0.5, 0.6) is 0 Å². The molecule has 1 amide bonds. The number of benzene rings is 2. The van der Waals surface area contributed by atoms with Crippen molar-refractivity contribution < 1.29 is 18.1 Å². The summed E-state index contributed by atoms with van der Waals surface area (Å²) in [5.41, 5.74) is 1.91. The molecule has 0 bridgehead atoms. The zero-order valence-corrected chi connectivity index (χ0v) is 13.0. The van der Waals surface area contributed by atoms with Crippen molar-refractivity contribution in [2.75, 3.05) is 0 Å². The van der Waals surface area contributed by atoms with Crippen molar-refractivity contribution in [3.05, 3.63) is 69.2 Å². The van der Waals surface area contributed by atoms with Crippen LogP contribution in [0.3, 0.4) is 0 Å². The van der Waals surface area contributed by atoms with E-state index in [4.69, 9.17) is 11.6 Å². The first kappa shape index (κ1) is 16.9. The Morgan fingerprint density at radius 3 is 2.13 bits per heavy atom. The first-order valence-electron chi connectivity index (χ1n) is 6.12. The Morgan fingerprint density at radius 1 is 1.04 bits per heavy atom. The quantitative estimate of drug-likeness (QED) is 0.627. The van der Waals surface area contributed by atoms with Crippen molar-refractivity contribution in [2.24, 2.45) is 0 Å². The first-order valence-corrected chi connectivity index (χ1v) is 7.98. The molecule has 0 aliphatic carbocycles. The van der Waals surface area contributed by atoms with E-state index in [0.717, 1.165) is 12.1 Å². The molecule has 0 unspecified atom stereocenters. The van der Waals surface area contributed by atoms with E-state index < -0.39 is 20.9 Å². The maximum absolute atomic E-state index is 12.0. The minimum Gasteiger partial charge on any atom is -0.273 e. The van der Waals surface area contributed by atoms with E-state index in [9.17, 15) is 23.3 Å². The molecule has 0 radical (unpaired) electrons. The third kappa shape index (κ3) is 4.25. The number of nitrogens with zero attached hydrogens (tertiary/aromatic N) is 1. The maximum atomic E-state index is 12.0. The molecular formula is C13H10ClN3O5S. The van der Waals surface area contributed by atoms with Crippen LogP contribution in [0.25, 0.3) is 0 Å². The van der Waals surface area contributed by atoms with E-state index in [1.807, 2.05) is 10.3 Å². The van der Waals surface area contributed by atoms with Gasteiger partial charge in [-0.2, -0.15) is 0 Å². The Kier molecular flexibility index (Phi) is 4.94. The van der Waals surface area contributed by atoms with Gasteiger partial charge in [0, 0.05) is 22.7 Å². The van der Waals surface area contributed by atoms with Crippen LogP contribution in [0.4, 0.5) is 5.69 Å². The maximum Gasteiger partial charge on any atom is 0.269 e. The zero-order chi connectivity index (χ0) is 17.0. The standard InChI is InChI=1S/C13H10ClN3O5S/c14-10-3-7-12(8-4-10)23(21,22)16-15-13(18)9-1-5-11(6-2-9)17(19)20/h1-8,16H,(H,15,18). The highest BCUT2D eigenvalue weighted by Gasteiger charge is 2.16. The number of hydrogen-bond acceptors (Lipinski definition) is 5. The van der Waals surface area contributed by atoms with E-state index in [0.29, 0.717) is 5.02 Å². The number of halogens is 1. The van der Waals surface area contributed by atoms with E-state index in [1.54, 1.807) is 0 Å². The molecule has 23 heavy (non-hydrogen) atoms. The van der Waals surface area contributed by atoms with Crippen LogP contribution in [-0.2, 0) is 10.0 Å². The molecule has 0 spiro atoms. The molecule has 0 atom stereocenters. The highest BCUT2D eigenvalue weighted by Crippen LogP contribution is 2.14. The molecule has 8 nitrogen and oxygen atoms in total. The predicted octanol–water partition coefficient (Wildman–Crippen LogP) is 1.87. The summed E-state index contributed by atoms with van der Waals surface area (Å²) in [7, 11) is -3.95. The second-order valence-corrected chi connectivity index (χ2v) is 6.44. The minimum absolute atomic E-state index is 0.0643.